The summed E-state index contributed by atoms with van der Waals surface area (Å²) in [6.07, 6.45) is 2.88. The van der Waals surface area contributed by atoms with Gasteiger partial charge in [-0.2, -0.15) is 0 Å². The number of ether oxygens (including phenoxy) is 1. The molecule has 4 heteroatoms. The first-order chi connectivity index (χ1) is 6.24. The van der Waals surface area contributed by atoms with Crippen molar-refractivity contribution >= 4 is 5.69 Å². The number of aliphatic hydroxyl groups excluding tert-OH is 1. The Morgan fingerprint density at radius 2 is 2.23 bits per heavy atom. The Kier molecular flexibility index (Phi) is 2.06. The van der Waals surface area contributed by atoms with Crippen LogP contribution >= 0.6 is 0 Å². The Morgan fingerprint density at radius 3 is 2.77 bits per heavy atom. The zero-order chi connectivity index (χ0) is 9.26. The largest absolute Gasteiger partial charge is 0.474 e. The van der Waals surface area contributed by atoms with Crippen molar-refractivity contribution < 1.29 is 9.84 Å². The second-order valence-electron chi connectivity index (χ2n) is 3.29. The Morgan fingerprint density at radius 1 is 1.46 bits per heavy atom. The SMILES string of the molecule is Nc1ccc(O[C@H]2C[C@@H](O)C2)nc1. The van der Waals surface area contributed by atoms with E-state index in [-0.39, 0.29) is 12.2 Å². The summed E-state index contributed by atoms with van der Waals surface area (Å²) in [7, 11) is 0. The normalized spacial score (nSPS) is 26.5. The molecule has 1 fully saturated rings. The monoisotopic (exact) mass is 180 g/mol. The highest BCUT2D eigenvalue weighted by atomic mass is 16.5. The summed E-state index contributed by atoms with van der Waals surface area (Å²) >= 11 is 0. The molecule has 3 N–H and O–H groups in total. The highest BCUT2D eigenvalue weighted by molar-refractivity contribution is 5.36. The number of hydrogen-bond donors (Lipinski definition) is 2. The smallest absolute Gasteiger partial charge is 0.213 e. The summed E-state index contributed by atoms with van der Waals surface area (Å²) in [4.78, 5) is 4.00. The van der Waals surface area contributed by atoms with Crippen molar-refractivity contribution in [1.82, 2.24) is 4.98 Å². The molecule has 0 bridgehead atoms. The quantitative estimate of drug-likeness (QED) is 0.698. The molecule has 0 saturated heterocycles. The lowest BCUT2D eigenvalue weighted by Crippen LogP contribution is -2.37. The van der Waals surface area contributed by atoms with Gasteiger partial charge in [0, 0.05) is 18.9 Å². The fourth-order valence-electron chi connectivity index (χ4n) is 1.27. The van der Waals surface area contributed by atoms with Crippen LogP contribution in [0.4, 0.5) is 5.69 Å². The lowest BCUT2D eigenvalue weighted by Gasteiger charge is -2.30. The van der Waals surface area contributed by atoms with Gasteiger partial charge < -0.3 is 15.6 Å². The summed E-state index contributed by atoms with van der Waals surface area (Å²) in [6, 6.07) is 3.48. The molecule has 1 heterocycles. The predicted molar refractivity (Wildman–Crippen MR) is 48.3 cm³/mol. The highest BCUT2D eigenvalue weighted by Crippen LogP contribution is 2.24. The van der Waals surface area contributed by atoms with Crippen LogP contribution in [0.25, 0.3) is 0 Å². The Balaban J connectivity index is 1.91. The number of hydrogen-bond acceptors (Lipinski definition) is 4. The molecule has 0 amide bonds. The maximum atomic E-state index is 9.02. The zero-order valence-electron chi connectivity index (χ0n) is 7.18. The molecule has 1 aromatic heterocycles. The van der Waals surface area contributed by atoms with Crippen molar-refractivity contribution in [2.75, 3.05) is 5.73 Å². The van der Waals surface area contributed by atoms with E-state index in [9.17, 15) is 0 Å². The minimum Gasteiger partial charge on any atom is -0.474 e. The molecular weight excluding hydrogens is 168 g/mol. The summed E-state index contributed by atoms with van der Waals surface area (Å²) in [6.45, 7) is 0. The number of nitrogens with zero attached hydrogens (tertiary/aromatic N) is 1. The van der Waals surface area contributed by atoms with Crippen LogP contribution in [0, 0.1) is 0 Å². The fraction of sp³-hybridized carbons (Fsp3) is 0.444. The number of pyridine rings is 1. The summed E-state index contributed by atoms with van der Waals surface area (Å²) in [5, 5.41) is 9.02. The van der Waals surface area contributed by atoms with Gasteiger partial charge >= 0.3 is 0 Å². The Labute approximate surface area is 76.4 Å². The van der Waals surface area contributed by atoms with Crippen molar-refractivity contribution in [3.8, 4) is 5.88 Å². The van der Waals surface area contributed by atoms with Gasteiger partial charge in [-0.15, -0.1) is 0 Å². The van der Waals surface area contributed by atoms with Crippen molar-refractivity contribution in [3.63, 3.8) is 0 Å². The van der Waals surface area contributed by atoms with Crippen molar-refractivity contribution in [2.24, 2.45) is 0 Å². The first-order valence-corrected chi connectivity index (χ1v) is 4.30. The summed E-state index contributed by atoms with van der Waals surface area (Å²) < 4.78 is 5.45. The van der Waals surface area contributed by atoms with Gasteiger partial charge in [0.15, 0.2) is 0 Å². The molecule has 13 heavy (non-hydrogen) atoms. The molecular formula is C9H12N2O2. The standard InChI is InChI=1S/C9H12N2O2/c10-6-1-2-9(11-5-6)13-8-3-7(12)4-8/h1-2,5,7-8,12H,3-4,10H2/t7-,8+. The maximum Gasteiger partial charge on any atom is 0.213 e. The summed E-state index contributed by atoms with van der Waals surface area (Å²) in [5.74, 6) is 0.575. The number of nitrogen functional groups attached to an aromatic ring is 1. The number of nitrogens with two attached hydrogens (primary N) is 1. The molecule has 1 aromatic rings. The van der Waals surface area contributed by atoms with Crippen molar-refractivity contribution in [3.05, 3.63) is 18.3 Å². The molecule has 0 aromatic carbocycles. The molecule has 1 aliphatic carbocycles. The Bertz CT molecular complexity index is 280. The maximum absolute atomic E-state index is 9.02. The van der Waals surface area contributed by atoms with Gasteiger partial charge in [0.2, 0.25) is 5.88 Å². The van der Waals surface area contributed by atoms with Crippen molar-refractivity contribution in [1.29, 1.82) is 0 Å². The molecule has 70 valence electrons. The molecule has 1 aliphatic rings. The average molecular weight is 180 g/mol. The molecule has 2 rings (SSSR count). The van der Waals surface area contributed by atoms with E-state index in [1.165, 1.54) is 0 Å². The lowest BCUT2D eigenvalue weighted by molar-refractivity contribution is -0.0128. The molecule has 0 aliphatic heterocycles. The van der Waals surface area contributed by atoms with Crippen LogP contribution in [-0.2, 0) is 0 Å². The average Bonchev–Trinajstić information content (AvgIpc) is 2.06. The predicted octanol–water partition coefficient (Wildman–Crippen LogP) is 0.566. The molecule has 0 atom stereocenters. The number of anilines is 1. The van der Waals surface area contributed by atoms with Gasteiger partial charge in [-0.3, -0.25) is 0 Å². The number of aromatic nitrogens is 1. The molecule has 1 saturated carbocycles. The van der Waals surface area contributed by atoms with Crippen LogP contribution in [0.1, 0.15) is 12.8 Å². The van der Waals surface area contributed by atoms with Crippen LogP contribution in [0.5, 0.6) is 5.88 Å². The van der Waals surface area contributed by atoms with Gasteiger partial charge in [0.1, 0.15) is 6.10 Å². The molecule has 0 unspecified atom stereocenters. The second kappa shape index (κ2) is 3.22. The van der Waals surface area contributed by atoms with Gasteiger partial charge in [-0.05, 0) is 6.07 Å². The van der Waals surface area contributed by atoms with Gasteiger partial charge in [-0.1, -0.05) is 0 Å². The fourth-order valence-corrected chi connectivity index (χ4v) is 1.27. The van der Waals surface area contributed by atoms with Crippen LogP contribution in [0.15, 0.2) is 18.3 Å². The van der Waals surface area contributed by atoms with E-state index in [4.69, 9.17) is 15.6 Å². The topological polar surface area (TPSA) is 68.4 Å². The van der Waals surface area contributed by atoms with E-state index in [1.807, 2.05) is 0 Å². The van der Waals surface area contributed by atoms with Crippen LogP contribution < -0.4 is 10.5 Å². The third-order valence-electron chi connectivity index (χ3n) is 2.12. The van der Waals surface area contributed by atoms with E-state index in [0.717, 1.165) is 0 Å². The molecule has 0 radical (unpaired) electrons. The van der Waals surface area contributed by atoms with Gasteiger partial charge in [0.25, 0.3) is 0 Å². The van der Waals surface area contributed by atoms with Crippen LogP contribution in [0.3, 0.4) is 0 Å². The minimum atomic E-state index is -0.196. The van der Waals surface area contributed by atoms with E-state index in [0.29, 0.717) is 24.4 Å². The third-order valence-corrected chi connectivity index (χ3v) is 2.12. The van der Waals surface area contributed by atoms with Crippen LogP contribution in [-0.4, -0.2) is 22.3 Å². The summed E-state index contributed by atoms with van der Waals surface area (Å²) in [5.41, 5.74) is 6.09. The zero-order valence-corrected chi connectivity index (χ0v) is 7.18. The van der Waals surface area contributed by atoms with Crippen molar-refractivity contribution in [2.45, 2.75) is 25.0 Å². The number of aliphatic hydroxyl groups is 1. The second-order valence-corrected chi connectivity index (χ2v) is 3.29. The first kappa shape index (κ1) is 8.31. The number of rotatable bonds is 2. The van der Waals surface area contributed by atoms with Crippen LogP contribution in [0.2, 0.25) is 0 Å². The van der Waals surface area contributed by atoms with Gasteiger partial charge in [0.05, 0.1) is 18.0 Å². The third kappa shape index (κ3) is 1.89. The Hall–Kier alpha value is -1.29. The minimum absolute atomic E-state index is 0.117. The van der Waals surface area contributed by atoms with Gasteiger partial charge in [-0.25, -0.2) is 4.98 Å². The van der Waals surface area contributed by atoms with E-state index in [2.05, 4.69) is 4.98 Å². The highest BCUT2D eigenvalue weighted by Gasteiger charge is 2.29. The lowest BCUT2D eigenvalue weighted by atomic mass is 9.92. The first-order valence-electron chi connectivity index (χ1n) is 4.30. The molecule has 4 nitrogen and oxygen atoms in total. The van der Waals surface area contributed by atoms with E-state index in [1.54, 1.807) is 18.3 Å². The van der Waals surface area contributed by atoms with E-state index >= 15 is 0 Å². The van der Waals surface area contributed by atoms with E-state index < -0.39 is 0 Å². The molecule has 0 spiro atoms.